The molecule has 1 aliphatic rings. The van der Waals surface area contributed by atoms with Crippen LogP contribution in [0.5, 0.6) is 5.75 Å². The lowest BCUT2D eigenvalue weighted by atomic mass is 9.93. The van der Waals surface area contributed by atoms with Crippen molar-refractivity contribution in [2.45, 2.75) is 13.0 Å². The summed E-state index contributed by atoms with van der Waals surface area (Å²) in [7, 11) is 1.61. The van der Waals surface area contributed by atoms with E-state index in [1.165, 1.54) is 11.3 Å². The van der Waals surface area contributed by atoms with Gasteiger partial charge in [-0.3, -0.25) is 9.59 Å². The van der Waals surface area contributed by atoms with E-state index in [0.717, 1.165) is 26.8 Å². The maximum atomic E-state index is 13.2. The van der Waals surface area contributed by atoms with Crippen LogP contribution in [0.15, 0.2) is 66.0 Å². The number of aryl methyl sites for hydroxylation is 1. The number of anilines is 1. The van der Waals surface area contributed by atoms with Crippen molar-refractivity contribution in [1.82, 2.24) is 5.32 Å². The van der Waals surface area contributed by atoms with E-state index in [4.69, 9.17) is 4.74 Å². The maximum absolute atomic E-state index is 13.2. The number of carbonyl (C=O) groups is 2. The molecule has 1 aromatic heterocycles. The number of thiophene rings is 1. The fraction of sp³-hybridized carbons (Fsp3) is 0.120. The summed E-state index contributed by atoms with van der Waals surface area (Å²) in [4.78, 5) is 25.9. The molecule has 0 radical (unpaired) electrons. The first kappa shape index (κ1) is 19.3. The van der Waals surface area contributed by atoms with Gasteiger partial charge in [-0.1, -0.05) is 30.3 Å². The first-order chi connectivity index (χ1) is 15.1. The van der Waals surface area contributed by atoms with Gasteiger partial charge >= 0.3 is 0 Å². The molecule has 0 saturated heterocycles. The van der Waals surface area contributed by atoms with Crippen LogP contribution in [-0.4, -0.2) is 18.9 Å². The Balaban J connectivity index is 1.55. The summed E-state index contributed by atoms with van der Waals surface area (Å²) in [5.41, 5.74) is 4.70. The zero-order valence-corrected chi connectivity index (χ0v) is 17.9. The number of methoxy groups -OCH3 is 1. The van der Waals surface area contributed by atoms with Crippen molar-refractivity contribution < 1.29 is 14.3 Å². The van der Waals surface area contributed by atoms with Crippen molar-refractivity contribution in [2.24, 2.45) is 0 Å². The van der Waals surface area contributed by atoms with Gasteiger partial charge in [0.2, 0.25) is 0 Å². The lowest BCUT2D eigenvalue weighted by molar-refractivity contribution is 0.0959. The Morgan fingerprint density at radius 3 is 2.74 bits per heavy atom. The highest BCUT2D eigenvalue weighted by atomic mass is 32.1. The van der Waals surface area contributed by atoms with E-state index < -0.39 is 0 Å². The Labute approximate surface area is 183 Å². The summed E-state index contributed by atoms with van der Waals surface area (Å²) in [6.45, 7) is 2.02. The first-order valence-corrected chi connectivity index (χ1v) is 10.8. The van der Waals surface area contributed by atoms with Crippen molar-refractivity contribution in [1.29, 1.82) is 0 Å². The predicted molar refractivity (Wildman–Crippen MR) is 123 cm³/mol. The van der Waals surface area contributed by atoms with E-state index in [2.05, 4.69) is 10.6 Å². The fourth-order valence-corrected chi connectivity index (χ4v) is 5.03. The highest BCUT2D eigenvalue weighted by molar-refractivity contribution is 7.17. The van der Waals surface area contributed by atoms with Gasteiger partial charge < -0.3 is 15.4 Å². The highest BCUT2D eigenvalue weighted by Gasteiger charge is 2.33. The Bertz CT molecular complexity index is 1340. The molecule has 2 amide bonds. The van der Waals surface area contributed by atoms with Crippen molar-refractivity contribution >= 4 is 38.9 Å². The highest BCUT2D eigenvalue weighted by Crippen LogP contribution is 2.38. The van der Waals surface area contributed by atoms with E-state index in [-0.39, 0.29) is 17.9 Å². The average molecular weight is 429 g/mol. The largest absolute Gasteiger partial charge is 0.497 e. The third-order valence-electron chi connectivity index (χ3n) is 5.69. The molecule has 5 nitrogen and oxygen atoms in total. The summed E-state index contributed by atoms with van der Waals surface area (Å²) >= 11 is 1.51. The minimum Gasteiger partial charge on any atom is -0.497 e. The van der Waals surface area contributed by atoms with Crippen LogP contribution in [0.1, 0.15) is 43.4 Å². The molecule has 4 aromatic rings. The molecular weight excluding hydrogens is 408 g/mol. The normalized spacial score (nSPS) is 14.9. The number of carbonyl (C=O) groups excluding carboxylic acids is 2. The second-order valence-electron chi connectivity index (χ2n) is 7.50. The van der Waals surface area contributed by atoms with Crippen molar-refractivity contribution in [2.75, 3.05) is 12.4 Å². The summed E-state index contributed by atoms with van der Waals surface area (Å²) in [5.74, 6) is 0.357. The molecule has 1 unspecified atom stereocenters. The van der Waals surface area contributed by atoms with Gasteiger partial charge in [0.1, 0.15) is 5.75 Å². The molecular formula is C25H20N2O3S. The molecule has 2 N–H and O–H groups in total. The number of fused-ring (bicyclic) bond motifs is 2. The zero-order valence-electron chi connectivity index (χ0n) is 17.1. The molecule has 1 atom stereocenters. The molecule has 6 heteroatoms. The van der Waals surface area contributed by atoms with Gasteiger partial charge in [-0.05, 0) is 48.4 Å². The van der Waals surface area contributed by atoms with Crippen LogP contribution in [0, 0.1) is 6.92 Å². The Hall–Kier alpha value is -3.64. The molecule has 0 saturated carbocycles. The zero-order chi connectivity index (χ0) is 21.5. The lowest BCUT2D eigenvalue weighted by Gasteiger charge is -2.18. The lowest BCUT2D eigenvalue weighted by Crippen LogP contribution is -2.21. The number of rotatable bonds is 4. The van der Waals surface area contributed by atoms with Gasteiger partial charge in [0.15, 0.2) is 0 Å². The second kappa shape index (κ2) is 7.56. The standard InChI is InChI=1S/C25H20N2O3S/c1-14-6-3-4-7-16(14)23-22-17(24(28)27-23)8-5-9-20(22)26-25(29)19-13-31-21-11-10-15(30-2)12-18(19)21/h3-13,23H,1-2H3,(H,26,29)(H,27,28). The van der Waals surface area contributed by atoms with Crippen LogP contribution < -0.4 is 15.4 Å². The van der Waals surface area contributed by atoms with E-state index in [0.29, 0.717) is 22.6 Å². The summed E-state index contributed by atoms with van der Waals surface area (Å²) in [6, 6.07) is 18.8. The molecule has 0 fully saturated rings. The van der Waals surface area contributed by atoms with Gasteiger partial charge in [-0.15, -0.1) is 11.3 Å². The van der Waals surface area contributed by atoms with Crippen LogP contribution >= 0.6 is 11.3 Å². The molecule has 31 heavy (non-hydrogen) atoms. The minimum atomic E-state index is -0.306. The smallest absolute Gasteiger partial charge is 0.257 e. The number of nitrogens with one attached hydrogen (secondary N) is 2. The molecule has 3 aromatic carbocycles. The molecule has 2 heterocycles. The third-order valence-corrected chi connectivity index (χ3v) is 6.65. The van der Waals surface area contributed by atoms with Crippen molar-refractivity contribution in [3.63, 3.8) is 0 Å². The number of hydrogen-bond donors (Lipinski definition) is 2. The van der Waals surface area contributed by atoms with Gasteiger partial charge in [0.05, 0.1) is 18.7 Å². The van der Waals surface area contributed by atoms with Crippen molar-refractivity contribution in [3.05, 3.63) is 93.9 Å². The monoisotopic (exact) mass is 428 g/mol. The SMILES string of the molecule is COc1ccc2scc(C(=O)Nc3cccc4c3C(c3ccccc3C)NC4=O)c2c1. The predicted octanol–water partition coefficient (Wildman–Crippen LogP) is 5.30. The summed E-state index contributed by atoms with van der Waals surface area (Å²) in [5, 5.41) is 8.81. The van der Waals surface area contributed by atoms with Crippen LogP contribution in [0.4, 0.5) is 5.69 Å². The minimum absolute atomic E-state index is 0.134. The third kappa shape index (κ3) is 3.25. The van der Waals surface area contributed by atoms with E-state index in [1.807, 2.05) is 60.8 Å². The van der Waals surface area contributed by atoms with Crippen LogP contribution in [-0.2, 0) is 0 Å². The van der Waals surface area contributed by atoms with Crippen LogP contribution in [0.25, 0.3) is 10.1 Å². The first-order valence-electron chi connectivity index (χ1n) is 9.92. The maximum Gasteiger partial charge on any atom is 0.257 e. The molecule has 0 aliphatic carbocycles. The summed E-state index contributed by atoms with van der Waals surface area (Å²) in [6.07, 6.45) is 0. The van der Waals surface area contributed by atoms with E-state index in [9.17, 15) is 9.59 Å². The Morgan fingerprint density at radius 1 is 1.10 bits per heavy atom. The molecule has 154 valence electrons. The van der Waals surface area contributed by atoms with E-state index in [1.54, 1.807) is 19.2 Å². The molecule has 0 bridgehead atoms. The average Bonchev–Trinajstić information content (AvgIpc) is 3.35. The van der Waals surface area contributed by atoms with Crippen LogP contribution in [0.3, 0.4) is 0 Å². The topological polar surface area (TPSA) is 67.4 Å². The molecule has 0 spiro atoms. The van der Waals surface area contributed by atoms with Gasteiger partial charge in [0, 0.05) is 32.3 Å². The quantitative estimate of drug-likeness (QED) is 0.463. The van der Waals surface area contributed by atoms with Gasteiger partial charge in [-0.25, -0.2) is 0 Å². The second-order valence-corrected chi connectivity index (χ2v) is 8.41. The molecule has 5 rings (SSSR count). The van der Waals surface area contributed by atoms with Gasteiger partial charge in [0.25, 0.3) is 11.8 Å². The van der Waals surface area contributed by atoms with Crippen molar-refractivity contribution in [3.8, 4) is 5.75 Å². The fourth-order valence-electron chi connectivity index (χ4n) is 4.11. The molecule has 1 aliphatic heterocycles. The number of hydrogen-bond acceptors (Lipinski definition) is 4. The van der Waals surface area contributed by atoms with E-state index >= 15 is 0 Å². The number of ether oxygens (including phenoxy) is 1. The number of benzene rings is 3. The van der Waals surface area contributed by atoms with Gasteiger partial charge in [-0.2, -0.15) is 0 Å². The Kier molecular flexibility index (Phi) is 4.71. The summed E-state index contributed by atoms with van der Waals surface area (Å²) < 4.78 is 6.33. The van der Waals surface area contributed by atoms with Crippen LogP contribution in [0.2, 0.25) is 0 Å². The number of amides is 2. The Morgan fingerprint density at radius 2 is 1.94 bits per heavy atom.